The third kappa shape index (κ3) is 3.84. The van der Waals surface area contributed by atoms with Gasteiger partial charge in [-0.2, -0.15) is 8.42 Å². The highest BCUT2D eigenvalue weighted by Crippen LogP contribution is 2.66. The van der Waals surface area contributed by atoms with Gasteiger partial charge in [-0.25, -0.2) is 0 Å². The van der Waals surface area contributed by atoms with Crippen molar-refractivity contribution in [3.63, 3.8) is 0 Å². The van der Waals surface area contributed by atoms with E-state index in [1.54, 1.807) is 24.3 Å². The first-order valence-corrected chi connectivity index (χ1v) is 15.9. The molecular weight excluding hydrogens is 428 g/mol. The molecule has 174 valence electrons. The minimum absolute atomic E-state index is 0.0983. The van der Waals surface area contributed by atoms with Crippen molar-refractivity contribution in [3.8, 4) is 0 Å². The molecule has 0 unspecified atom stereocenters. The normalized spacial score (nSPS) is 35.9. The van der Waals surface area contributed by atoms with Crippen LogP contribution >= 0.6 is 0 Å². The molecule has 2 aliphatic carbocycles. The van der Waals surface area contributed by atoms with Crippen LogP contribution in [0.3, 0.4) is 0 Å². The lowest BCUT2D eigenvalue weighted by Gasteiger charge is -2.52. The maximum absolute atomic E-state index is 12.9. The molecule has 1 saturated heterocycles. The van der Waals surface area contributed by atoms with E-state index >= 15 is 0 Å². The zero-order valence-corrected chi connectivity index (χ0v) is 21.8. The lowest BCUT2D eigenvalue weighted by atomic mass is 9.58. The predicted octanol–water partition coefficient (Wildman–Crippen LogP) is 5.58. The molecule has 31 heavy (non-hydrogen) atoms. The van der Waals surface area contributed by atoms with Crippen molar-refractivity contribution in [2.75, 3.05) is 0 Å². The van der Waals surface area contributed by atoms with E-state index < -0.39 is 24.5 Å². The fourth-order valence-electron chi connectivity index (χ4n) is 5.37. The number of rotatable bonds is 5. The van der Waals surface area contributed by atoms with Crippen molar-refractivity contribution in [2.24, 2.45) is 5.41 Å². The zero-order valence-electron chi connectivity index (χ0n) is 20.0. The highest BCUT2D eigenvalue weighted by molar-refractivity contribution is 7.86. The van der Waals surface area contributed by atoms with E-state index in [0.717, 1.165) is 31.2 Å². The van der Waals surface area contributed by atoms with Gasteiger partial charge in [0.15, 0.2) is 8.32 Å². The number of aryl methyl sites for hydroxylation is 1. The molecule has 0 amide bonds. The Morgan fingerprint density at radius 1 is 1.10 bits per heavy atom. The summed E-state index contributed by atoms with van der Waals surface area (Å²) < 4.78 is 44.8. The Balaban J connectivity index is 1.52. The summed E-state index contributed by atoms with van der Waals surface area (Å²) in [5.74, 6) is 0. The van der Waals surface area contributed by atoms with Gasteiger partial charge >= 0.3 is 0 Å². The second kappa shape index (κ2) is 7.39. The molecule has 7 heteroatoms. The van der Waals surface area contributed by atoms with Gasteiger partial charge in [-0.15, -0.1) is 0 Å². The van der Waals surface area contributed by atoms with Crippen molar-refractivity contribution in [1.82, 2.24) is 0 Å². The van der Waals surface area contributed by atoms with E-state index in [9.17, 15) is 8.42 Å². The van der Waals surface area contributed by atoms with E-state index in [0.29, 0.717) is 6.42 Å². The number of hydrogen-bond donors (Lipinski definition) is 0. The lowest BCUT2D eigenvalue weighted by Crippen LogP contribution is -2.58. The average Bonchev–Trinajstić information content (AvgIpc) is 3.39. The first-order chi connectivity index (χ1) is 14.2. The number of epoxide rings is 1. The monoisotopic (exact) mass is 466 g/mol. The SMILES string of the molecule is Cc1ccc(S(=O)(=O)O[C@H]2CC[C@]3(C)[C@@H](O[Si](C)(C)C(C)(C)C)CCC[C@@]34O[C@@H]24)cc1. The topological polar surface area (TPSA) is 65.1 Å². The Labute approximate surface area is 189 Å². The quantitative estimate of drug-likeness (QED) is 0.322. The highest BCUT2D eigenvalue weighted by atomic mass is 32.2. The van der Waals surface area contributed by atoms with E-state index in [2.05, 4.69) is 40.8 Å². The standard InChI is InChI=1S/C24H38O5SSi/c1-17-10-12-18(13-11-17)30(25,26)28-19-14-16-23(5)20(29-31(6,7)22(2,3)4)9-8-15-24(23)21(19)27-24/h10-13,19-21H,8-9,14-16H2,1-7H3/t19-,20-,21-,23+,24-/m0/s1. The van der Waals surface area contributed by atoms with Crippen LogP contribution < -0.4 is 0 Å². The molecule has 3 fully saturated rings. The molecule has 5 atom stereocenters. The van der Waals surface area contributed by atoms with Crippen LogP contribution in [-0.2, 0) is 23.5 Å². The van der Waals surface area contributed by atoms with Crippen LogP contribution in [-0.4, -0.2) is 40.6 Å². The molecular formula is C24H38O5SSi. The summed E-state index contributed by atoms with van der Waals surface area (Å²) in [4.78, 5) is 0.212. The lowest BCUT2D eigenvalue weighted by molar-refractivity contribution is -0.0668. The van der Waals surface area contributed by atoms with Gasteiger partial charge in [0.1, 0.15) is 17.8 Å². The summed E-state index contributed by atoms with van der Waals surface area (Å²) in [6, 6.07) is 6.83. The van der Waals surface area contributed by atoms with Crippen LogP contribution in [0, 0.1) is 12.3 Å². The largest absolute Gasteiger partial charge is 0.413 e. The predicted molar refractivity (Wildman–Crippen MR) is 124 cm³/mol. The molecule has 1 aliphatic heterocycles. The number of hydrogen-bond acceptors (Lipinski definition) is 5. The van der Waals surface area contributed by atoms with Crippen molar-refractivity contribution in [2.45, 2.75) is 114 Å². The average molecular weight is 467 g/mol. The summed E-state index contributed by atoms with van der Waals surface area (Å²) in [6.07, 6.45) is 4.14. The second-order valence-corrected chi connectivity index (χ2v) is 17.9. The fraction of sp³-hybridized carbons (Fsp3) is 0.750. The van der Waals surface area contributed by atoms with Crippen LogP contribution in [0.4, 0.5) is 0 Å². The fourth-order valence-corrected chi connectivity index (χ4v) is 7.91. The number of ether oxygens (including phenoxy) is 1. The Bertz CT molecular complexity index is 936. The Hall–Kier alpha value is -0.733. The van der Waals surface area contributed by atoms with Gasteiger partial charge in [-0.1, -0.05) is 45.4 Å². The van der Waals surface area contributed by atoms with Crippen molar-refractivity contribution < 1.29 is 21.8 Å². The molecule has 5 nitrogen and oxygen atoms in total. The Morgan fingerprint density at radius 2 is 1.74 bits per heavy atom. The zero-order chi connectivity index (χ0) is 22.9. The van der Waals surface area contributed by atoms with Gasteiger partial charge in [0.2, 0.25) is 0 Å². The smallest absolute Gasteiger partial charge is 0.297 e. The first-order valence-electron chi connectivity index (χ1n) is 11.6. The molecule has 1 aromatic carbocycles. The van der Waals surface area contributed by atoms with Crippen molar-refractivity contribution >= 4 is 18.4 Å². The van der Waals surface area contributed by atoms with Gasteiger partial charge in [0.25, 0.3) is 10.1 Å². The third-order valence-corrected chi connectivity index (χ3v) is 14.4. The summed E-state index contributed by atoms with van der Waals surface area (Å²) in [7, 11) is -5.73. The highest BCUT2D eigenvalue weighted by Gasteiger charge is 2.75. The Kier molecular flexibility index (Phi) is 5.58. The number of benzene rings is 1. The molecule has 1 heterocycles. The van der Waals surface area contributed by atoms with Crippen LogP contribution in [0.2, 0.25) is 18.1 Å². The minimum Gasteiger partial charge on any atom is -0.413 e. The summed E-state index contributed by atoms with van der Waals surface area (Å²) in [5.41, 5.74) is 0.606. The molecule has 1 aromatic rings. The van der Waals surface area contributed by atoms with Crippen molar-refractivity contribution in [3.05, 3.63) is 29.8 Å². The van der Waals surface area contributed by atoms with Crippen LogP contribution in [0.25, 0.3) is 0 Å². The molecule has 4 rings (SSSR count). The maximum atomic E-state index is 12.9. The molecule has 0 radical (unpaired) electrons. The molecule has 0 bridgehead atoms. The van der Waals surface area contributed by atoms with Crippen LogP contribution in [0.15, 0.2) is 29.2 Å². The summed E-state index contributed by atoms with van der Waals surface area (Å²) in [6.45, 7) is 15.7. The van der Waals surface area contributed by atoms with E-state index in [4.69, 9.17) is 13.3 Å². The minimum atomic E-state index is -3.81. The molecule has 0 aromatic heterocycles. The van der Waals surface area contributed by atoms with E-state index in [1.807, 2.05) is 6.92 Å². The summed E-state index contributed by atoms with van der Waals surface area (Å²) in [5, 5.41) is 0.153. The molecule has 2 saturated carbocycles. The first kappa shape index (κ1) is 23.4. The van der Waals surface area contributed by atoms with Gasteiger partial charge in [-0.3, -0.25) is 4.18 Å². The maximum Gasteiger partial charge on any atom is 0.297 e. The van der Waals surface area contributed by atoms with Gasteiger partial charge in [0, 0.05) is 5.41 Å². The van der Waals surface area contributed by atoms with Gasteiger partial charge in [-0.05, 0) is 69.3 Å². The molecule has 0 N–H and O–H groups in total. The van der Waals surface area contributed by atoms with Crippen LogP contribution in [0.1, 0.15) is 65.4 Å². The molecule has 1 spiro atoms. The molecule has 3 aliphatic rings. The van der Waals surface area contributed by atoms with Crippen LogP contribution in [0.5, 0.6) is 0 Å². The Morgan fingerprint density at radius 3 is 2.35 bits per heavy atom. The second-order valence-electron chi connectivity index (χ2n) is 11.5. The van der Waals surface area contributed by atoms with Gasteiger partial charge < -0.3 is 9.16 Å². The van der Waals surface area contributed by atoms with Gasteiger partial charge in [0.05, 0.1) is 11.0 Å². The third-order valence-electron chi connectivity index (χ3n) is 8.52. The van der Waals surface area contributed by atoms with E-state index in [-0.39, 0.29) is 33.2 Å². The van der Waals surface area contributed by atoms with E-state index in [1.165, 1.54) is 0 Å². The summed E-state index contributed by atoms with van der Waals surface area (Å²) >= 11 is 0. The van der Waals surface area contributed by atoms with Crippen molar-refractivity contribution in [1.29, 1.82) is 0 Å².